The van der Waals surface area contributed by atoms with E-state index in [-0.39, 0.29) is 0 Å². The van der Waals surface area contributed by atoms with Crippen LogP contribution in [0.15, 0.2) is 47.1 Å². The largest absolute Gasteiger partial charge is 0.467 e. The molecule has 0 spiro atoms. The van der Waals surface area contributed by atoms with Crippen molar-refractivity contribution in [3.8, 4) is 0 Å². The maximum Gasteiger partial charge on any atom is 0.123 e. The number of para-hydroxylation sites is 1. The topological polar surface area (TPSA) is 28.4 Å². The summed E-state index contributed by atoms with van der Waals surface area (Å²) in [4.78, 5) is 2.34. The summed E-state index contributed by atoms with van der Waals surface area (Å²) >= 11 is 0. The molecule has 0 amide bonds. The van der Waals surface area contributed by atoms with Gasteiger partial charge in [-0.1, -0.05) is 18.2 Å². The van der Waals surface area contributed by atoms with E-state index in [2.05, 4.69) is 48.3 Å². The Balaban J connectivity index is 2.27. The van der Waals surface area contributed by atoms with E-state index in [1.807, 2.05) is 19.2 Å². The van der Waals surface area contributed by atoms with Gasteiger partial charge in [0.25, 0.3) is 0 Å². The molecule has 0 fully saturated rings. The molecule has 2 rings (SSSR count). The molecule has 1 N–H and O–H groups in total. The third kappa shape index (κ3) is 3.18. The molecule has 0 saturated heterocycles. The van der Waals surface area contributed by atoms with E-state index < -0.39 is 0 Å². The van der Waals surface area contributed by atoms with Crippen LogP contribution in [-0.2, 0) is 6.54 Å². The van der Waals surface area contributed by atoms with Crippen LogP contribution in [0.25, 0.3) is 0 Å². The van der Waals surface area contributed by atoms with Crippen LogP contribution in [0.1, 0.15) is 31.2 Å². The lowest BCUT2D eigenvalue weighted by molar-refractivity contribution is 0.503. The summed E-state index contributed by atoms with van der Waals surface area (Å²) in [5.41, 5.74) is 2.58. The number of furan rings is 1. The van der Waals surface area contributed by atoms with Crippen LogP contribution in [0.2, 0.25) is 0 Å². The molecule has 0 bridgehead atoms. The smallest absolute Gasteiger partial charge is 0.123 e. The Morgan fingerprint density at radius 1 is 1.21 bits per heavy atom. The van der Waals surface area contributed by atoms with Gasteiger partial charge in [-0.25, -0.2) is 0 Å². The lowest BCUT2D eigenvalue weighted by atomic mass is 10.1. The van der Waals surface area contributed by atoms with Crippen molar-refractivity contribution >= 4 is 5.69 Å². The highest BCUT2D eigenvalue weighted by Gasteiger charge is 2.14. The van der Waals surface area contributed by atoms with Crippen LogP contribution in [0, 0.1) is 0 Å². The molecule has 1 atom stereocenters. The Hall–Kier alpha value is -1.74. The molecule has 1 aromatic heterocycles. The molecule has 102 valence electrons. The third-order valence-electron chi connectivity index (χ3n) is 3.49. The maximum atomic E-state index is 5.46. The number of nitrogens with one attached hydrogen (secondary N) is 1. The first-order valence-electron chi connectivity index (χ1n) is 6.79. The summed E-state index contributed by atoms with van der Waals surface area (Å²) in [6, 6.07) is 12.8. The van der Waals surface area contributed by atoms with E-state index in [1.54, 1.807) is 6.26 Å². The number of nitrogens with zero attached hydrogens (tertiary/aromatic N) is 1. The van der Waals surface area contributed by atoms with E-state index in [1.165, 1.54) is 11.3 Å². The summed E-state index contributed by atoms with van der Waals surface area (Å²) in [5.74, 6) is 0.994. The van der Waals surface area contributed by atoms with Gasteiger partial charge in [-0.15, -0.1) is 0 Å². The van der Waals surface area contributed by atoms with Crippen LogP contribution < -0.4 is 10.2 Å². The average molecular weight is 258 g/mol. The van der Waals surface area contributed by atoms with Crippen LogP contribution in [0.5, 0.6) is 0 Å². The van der Waals surface area contributed by atoms with E-state index in [9.17, 15) is 0 Å². The zero-order valence-corrected chi connectivity index (χ0v) is 11.9. The van der Waals surface area contributed by atoms with Gasteiger partial charge < -0.3 is 14.6 Å². The molecule has 0 aliphatic carbocycles. The highest BCUT2D eigenvalue weighted by molar-refractivity contribution is 5.55. The summed E-state index contributed by atoms with van der Waals surface area (Å²) < 4.78 is 5.46. The van der Waals surface area contributed by atoms with Gasteiger partial charge in [0, 0.05) is 18.3 Å². The molecule has 0 aliphatic rings. The fourth-order valence-electron chi connectivity index (χ4n) is 2.26. The highest BCUT2D eigenvalue weighted by atomic mass is 16.3. The van der Waals surface area contributed by atoms with Gasteiger partial charge in [-0.3, -0.25) is 0 Å². The van der Waals surface area contributed by atoms with Crippen LogP contribution in [0.3, 0.4) is 0 Å². The molecular formula is C16H22N2O. The molecule has 0 radical (unpaired) electrons. The number of benzene rings is 1. The Morgan fingerprint density at radius 3 is 2.63 bits per heavy atom. The van der Waals surface area contributed by atoms with E-state index in [0.29, 0.717) is 6.04 Å². The van der Waals surface area contributed by atoms with Gasteiger partial charge in [-0.05, 0) is 44.7 Å². The number of hydrogen-bond donors (Lipinski definition) is 1. The second-order valence-corrected chi connectivity index (χ2v) is 4.66. The SMILES string of the molecule is CCN(Cc1ccco1)c1ccccc1C(C)NC. The molecule has 3 heteroatoms. The molecule has 0 saturated carbocycles. The second-order valence-electron chi connectivity index (χ2n) is 4.66. The van der Waals surface area contributed by atoms with Crippen LogP contribution >= 0.6 is 0 Å². The predicted molar refractivity (Wildman–Crippen MR) is 79.3 cm³/mol. The Bertz CT molecular complexity index is 493. The van der Waals surface area contributed by atoms with Crippen molar-refractivity contribution in [1.29, 1.82) is 0 Å². The minimum Gasteiger partial charge on any atom is -0.467 e. The van der Waals surface area contributed by atoms with Gasteiger partial charge in [0.1, 0.15) is 5.76 Å². The van der Waals surface area contributed by atoms with Crippen LogP contribution in [-0.4, -0.2) is 13.6 Å². The van der Waals surface area contributed by atoms with Crippen molar-refractivity contribution in [1.82, 2.24) is 5.32 Å². The molecule has 1 unspecified atom stereocenters. The van der Waals surface area contributed by atoms with Crippen molar-refractivity contribution in [2.75, 3.05) is 18.5 Å². The molecule has 3 nitrogen and oxygen atoms in total. The quantitative estimate of drug-likeness (QED) is 0.858. The summed E-state index contributed by atoms with van der Waals surface area (Å²) in [6.45, 7) is 6.11. The molecular weight excluding hydrogens is 236 g/mol. The third-order valence-corrected chi connectivity index (χ3v) is 3.49. The summed E-state index contributed by atoms with van der Waals surface area (Å²) in [5, 5.41) is 3.31. The Morgan fingerprint density at radius 2 is 2.00 bits per heavy atom. The molecule has 19 heavy (non-hydrogen) atoms. The van der Waals surface area contributed by atoms with Crippen molar-refractivity contribution in [3.05, 3.63) is 54.0 Å². The second kappa shape index (κ2) is 6.43. The van der Waals surface area contributed by atoms with Gasteiger partial charge >= 0.3 is 0 Å². The highest BCUT2D eigenvalue weighted by Crippen LogP contribution is 2.27. The average Bonchev–Trinajstić information content (AvgIpc) is 2.97. The summed E-state index contributed by atoms with van der Waals surface area (Å²) in [6.07, 6.45) is 1.73. The fraction of sp³-hybridized carbons (Fsp3) is 0.375. The molecule has 0 aliphatic heterocycles. The lowest BCUT2D eigenvalue weighted by Gasteiger charge is -2.27. The van der Waals surface area contributed by atoms with Crippen molar-refractivity contribution in [2.24, 2.45) is 0 Å². The van der Waals surface area contributed by atoms with Gasteiger partial charge in [0.2, 0.25) is 0 Å². The molecule has 1 aromatic carbocycles. The van der Waals surface area contributed by atoms with Gasteiger partial charge in [-0.2, -0.15) is 0 Å². The van der Waals surface area contributed by atoms with Gasteiger partial charge in [0.15, 0.2) is 0 Å². The zero-order chi connectivity index (χ0) is 13.7. The van der Waals surface area contributed by atoms with Gasteiger partial charge in [0.05, 0.1) is 12.8 Å². The minimum atomic E-state index is 0.335. The first kappa shape index (κ1) is 13.7. The van der Waals surface area contributed by atoms with Crippen molar-refractivity contribution in [3.63, 3.8) is 0 Å². The lowest BCUT2D eigenvalue weighted by Crippen LogP contribution is -2.25. The van der Waals surface area contributed by atoms with E-state index in [4.69, 9.17) is 4.42 Å². The minimum absolute atomic E-state index is 0.335. The van der Waals surface area contributed by atoms with E-state index in [0.717, 1.165) is 18.8 Å². The molecule has 1 heterocycles. The Kier molecular flexibility index (Phi) is 4.63. The van der Waals surface area contributed by atoms with E-state index >= 15 is 0 Å². The predicted octanol–water partition coefficient (Wildman–Crippen LogP) is 3.59. The monoisotopic (exact) mass is 258 g/mol. The first-order chi connectivity index (χ1) is 9.26. The van der Waals surface area contributed by atoms with Crippen LogP contribution in [0.4, 0.5) is 5.69 Å². The van der Waals surface area contributed by atoms with Crippen molar-refractivity contribution < 1.29 is 4.42 Å². The normalized spacial score (nSPS) is 12.4. The maximum absolute atomic E-state index is 5.46. The fourth-order valence-corrected chi connectivity index (χ4v) is 2.26. The molecule has 2 aromatic rings. The van der Waals surface area contributed by atoms with Crippen molar-refractivity contribution in [2.45, 2.75) is 26.4 Å². The first-order valence-corrected chi connectivity index (χ1v) is 6.79. The zero-order valence-electron chi connectivity index (χ0n) is 11.9. The number of rotatable bonds is 6. The number of hydrogen-bond acceptors (Lipinski definition) is 3. The standard InChI is InChI=1S/C16H22N2O/c1-4-18(12-14-8-7-11-19-14)16-10-6-5-9-15(16)13(2)17-3/h5-11,13,17H,4,12H2,1-3H3. The summed E-state index contributed by atoms with van der Waals surface area (Å²) in [7, 11) is 1.99. The number of anilines is 1. The Labute approximate surface area is 115 Å².